The lowest BCUT2D eigenvalue weighted by atomic mass is 9.98. The van der Waals surface area contributed by atoms with Crippen molar-refractivity contribution in [3.8, 4) is 22.5 Å². The number of fused-ring (bicyclic) bond motifs is 1. The highest BCUT2D eigenvalue weighted by Gasteiger charge is 2.33. The maximum Gasteiger partial charge on any atom is 0.242 e. The fourth-order valence-electron chi connectivity index (χ4n) is 4.07. The van der Waals surface area contributed by atoms with Crippen molar-refractivity contribution >= 4 is 46.7 Å². The summed E-state index contributed by atoms with van der Waals surface area (Å²) in [5.74, 6) is -0.156. The molecule has 2 aromatic carbocycles. The molecule has 0 aliphatic carbocycles. The highest BCUT2D eigenvalue weighted by atomic mass is 32.2. The van der Waals surface area contributed by atoms with Gasteiger partial charge < -0.3 is 15.8 Å². The number of hydrogen-bond donors (Lipinski definition) is 5. The molecule has 1 unspecified atom stereocenters. The van der Waals surface area contributed by atoms with Gasteiger partial charge in [0.25, 0.3) is 0 Å². The van der Waals surface area contributed by atoms with Gasteiger partial charge in [-0.1, -0.05) is 29.5 Å². The largest absolute Gasteiger partial charge is 0.375 e. The van der Waals surface area contributed by atoms with Crippen LogP contribution in [-0.2, 0) is 24.8 Å². The fourth-order valence-corrected chi connectivity index (χ4v) is 7.49. The monoisotopic (exact) mass is 552 g/mol. The van der Waals surface area contributed by atoms with Crippen molar-refractivity contribution in [3.63, 3.8) is 0 Å². The Labute approximate surface area is 209 Å². The summed E-state index contributed by atoms with van der Waals surface area (Å²) >= 11 is 1.26. The molecular formula is C19H22N9O5S3+. The number of aromatic amines is 1. The van der Waals surface area contributed by atoms with Gasteiger partial charge in [-0.25, -0.2) is 31.7 Å². The average molecular weight is 553 g/mol. The molecule has 14 nitrogen and oxygen atoms in total. The maximum absolute atomic E-state index is 13.3. The zero-order valence-corrected chi connectivity index (χ0v) is 21.0. The van der Waals surface area contributed by atoms with Crippen molar-refractivity contribution in [1.29, 1.82) is 0 Å². The first-order chi connectivity index (χ1) is 17.1. The number of rotatable bonds is 7. The van der Waals surface area contributed by atoms with E-state index in [9.17, 15) is 16.8 Å². The number of nitrogens with two attached hydrogens (primary N) is 3. The van der Waals surface area contributed by atoms with Crippen LogP contribution in [0.15, 0.2) is 40.1 Å². The SMILES string of the molecule is Nc1nc2c(-c3ccc(S(=O)(=O)NCC4C[NH2+]CCO4)c(S(N)(=O)=O)c3-c3nn[nH]n3)cccc2s1. The third-order valence-electron chi connectivity index (χ3n) is 5.60. The minimum Gasteiger partial charge on any atom is -0.375 e. The number of primary sulfonamides is 1. The summed E-state index contributed by atoms with van der Waals surface area (Å²) in [6.45, 7) is 1.79. The maximum atomic E-state index is 13.3. The molecule has 0 spiro atoms. The summed E-state index contributed by atoms with van der Waals surface area (Å²) in [6.07, 6.45) is -0.366. The third kappa shape index (κ3) is 4.69. The Kier molecular flexibility index (Phi) is 6.45. The second kappa shape index (κ2) is 9.43. The zero-order valence-electron chi connectivity index (χ0n) is 18.6. The number of hydrogen-bond acceptors (Lipinski definition) is 11. The molecule has 3 heterocycles. The summed E-state index contributed by atoms with van der Waals surface area (Å²) in [4.78, 5) is 3.15. The first kappa shape index (κ1) is 24.6. The molecule has 36 heavy (non-hydrogen) atoms. The van der Waals surface area contributed by atoms with Crippen LogP contribution in [0.2, 0.25) is 0 Å². The number of anilines is 1. The highest BCUT2D eigenvalue weighted by Crippen LogP contribution is 2.41. The van der Waals surface area contributed by atoms with E-state index in [1.165, 1.54) is 23.5 Å². The van der Waals surface area contributed by atoms with Crippen LogP contribution < -0.4 is 20.9 Å². The van der Waals surface area contributed by atoms with Crippen LogP contribution in [-0.4, -0.2) is 74.8 Å². The first-order valence-electron chi connectivity index (χ1n) is 10.7. The topological polar surface area (TPSA) is 226 Å². The quantitative estimate of drug-likeness (QED) is 0.180. The molecule has 0 bridgehead atoms. The summed E-state index contributed by atoms with van der Waals surface area (Å²) in [7, 11) is -8.96. The van der Waals surface area contributed by atoms with E-state index < -0.39 is 29.8 Å². The number of aromatic nitrogens is 5. The van der Waals surface area contributed by atoms with Gasteiger partial charge in [-0.3, -0.25) is 0 Å². The molecule has 5 rings (SSSR count). The van der Waals surface area contributed by atoms with Gasteiger partial charge in [-0.15, -0.1) is 10.2 Å². The lowest BCUT2D eigenvalue weighted by Gasteiger charge is -2.22. The first-order valence-corrected chi connectivity index (χ1v) is 14.5. The van der Waals surface area contributed by atoms with Gasteiger partial charge >= 0.3 is 0 Å². The predicted octanol–water partition coefficient (Wildman–Crippen LogP) is -1.39. The molecule has 4 aromatic rings. The van der Waals surface area contributed by atoms with Crippen molar-refractivity contribution in [2.75, 3.05) is 32.0 Å². The Hall–Kier alpha value is -3.06. The fraction of sp³-hybridized carbons (Fsp3) is 0.263. The Morgan fingerprint density at radius 3 is 2.72 bits per heavy atom. The van der Waals surface area contributed by atoms with Crippen LogP contribution >= 0.6 is 11.3 Å². The summed E-state index contributed by atoms with van der Waals surface area (Å²) in [5, 5.41) is 21.6. The molecular weight excluding hydrogens is 530 g/mol. The molecule has 1 saturated heterocycles. The molecule has 2 aromatic heterocycles. The summed E-state index contributed by atoms with van der Waals surface area (Å²) in [6, 6.07) is 7.92. The van der Waals surface area contributed by atoms with E-state index in [-0.39, 0.29) is 24.0 Å². The number of tetrazole rings is 1. The molecule has 0 saturated carbocycles. The predicted molar refractivity (Wildman–Crippen MR) is 131 cm³/mol. The smallest absolute Gasteiger partial charge is 0.242 e. The molecule has 17 heteroatoms. The zero-order chi connectivity index (χ0) is 25.5. The van der Waals surface area contributed by atoms with Crippen molar-refractivity contribution < 1.29 is 26.9 Å². The Bertz CT molecular complexity index is 1630. The molecule has 0 amide bonds. The molecule has 1 aliphatic heterocycles. The standard InChI is InChI=1S/C19H21N9O5S3/c20-19-24-16-12(2-1-3-13(16)34-19)11-4-5-14(36(31,32)23-9-10-8-22-6-7-33-10)17(35(21,29)30)15(11)18-25-27-28-26-18/h1-5,10,22-23H,6-9H2,(H2,20,24)(H2,21,29,30)(H,25,26,27,28)/p+1. The van der Waals surface area contributed by atoms with E-state index >= 15 is 0 Å². The van der Waals surface area contributed by atoms with Gasteiger partial charge in [-0.05, 0) is 22.9 Å². The van der Waals surface area contributed by atoms with Gasteiger partial charge in [0.1, 0.15) is 22.4 Å². The normalized spacial score (nSPS) is 17.0. The van der Waals surface area contributed by atoms with E-state index in [4.69, 9.17) is 15.6 Å². The molecule has 1 aliphatic rings. The average Bonchev–Trinajstić information content (AvgIpc) is 3.51. The number of ether oxygens (including phenoxy) is 1. The van der Waals surface area contributed by atoms with Gasteiger partial charge in [0, 0.05) is 12.1 Å². The molecule has 0 radical (unpaired) electrons. The second-order valence-electron chi connectivity index (χ2n) is 7.96. The number of nitrogens with one attached hydrogen (secondary N) is 2. The summed E-state index contributed by atoms with van der Waals surface area (Å²) < 4.78 is 61.2. The van der Waals surface area contributed by atoms with Crippen molar-refractivity contribution in [2.45, 2.75) is 15.9 Å². The van der Waals surface area contributed by atoms with Crippen LogP contribution in [0, 0.1) is 0 Å². The van der Waals surface area contributed by atoms with Crippen molar-refractivity contribution in [3.05, 3.63) is 30.3 Å². The van der Waals surface area contributed by atoms with Crippen LogP contribution in [0.1, 0.15) is 0 Å². The number of para-hydroxylation sites is 1. The number of sulfonamides is 2. The van der Waals surface area contributed by atoms with Crippen LogP contribution in [0.4, 0.5) is 5.13 Å². The molecule has 8 N–H and O–H groups in total. The number of nitrogens with zero attached hydrogens (tertiary/aromatic N) is 4. The van der Waals surface area contributed by atoms with E-state index in [1.807, 2.05) is 11.4 Å². The Morgan fingerprint density at radius 2 is 2.03 bits per heavy atom. The molecule has 1 fully saturated rings. The minimum atomic E-state index is -4.62. The van der Waals surface area contributed by atoms with Crippen LogP contribution in [0.5, 0.6) is 0 Å². The lowest BCUT2D eigenvalue weighted by molar-refractivity contribution is -0.676. The minimum absolute atomic E-state index is 0.0421. The van der Waals surface area contributed by atoms with Crippen LogP contribution in [0.3, 0.4) is 0 Å². The second-order valence-corrected chi connectivity index (χ2v) is 12.3. The number of thiazole rings is 1. The highest BCUT2D eigenvalue weighted by molar-refractivity contribution is 7.92. The van der Waals surface area contributed by atoms with Gasteiger partial charge in [0.15, 0.2) is 5.13 Å². The number of morpholine rings is 1. The number of benzene rings is 2. The van der Waals surface area contributed by atoms with Crippen molar-refractivity contribution in [2.24, 2.45) is 5.14 Å². The van der Waals surface area contributed by atoms with E-state index in [0.717, 1.165) is 11.2 Å². The number of nitrogen functional groups attached to an aromatic ring is 1. The Balaban J connectivity index is 1.72. The van der Waals surface area contributed by atoms with Gasteiger partial charge in [-0.2, -0.15) is 5.21 Å². The van der Waals surface area contributed by atoms with Crippen molar-refractivity contribution in [1.82, 2.24) is 30.3 Å². The number of quaternary nitrogens is 1. The Morgan fingerprint density at radius 1 is 1.19 bits per heavy atom. The lowest BCUT2D eigenvalue weighted by Crippen LogP contribution is -2.90. The molecule has 1 atom stereocenters. The van der Waals surface area contributed by atoms with E-state index in [0.29, 0.717) is 34.9 Å². The van der Waals surface area contributed by atoms with Crippen LogP contribution in [0.25, 0.3) is 32.7 Å². The third-order valence-corrected chi connectivity index (χ3v) is 9.03. The van der Waals surface area contributed by atoms with Gasteiger partial charge in [0.2, 0.25) is 25.9 Å². The van der Waals surface area contributed by atoms with Gasteiger partial charge in [0.05, 0.1) is 28.9 Å². The van der Waals surface area contributed by atoms with E-state index in [2.05, 4.69) is 30.3 Å². The number of H-pyrrole nitrogens is 1. The summed E-state index contributed by atoms with van der Waals surface area (Å²) in [5.41, 5.74) is 7.06. The molecule has 190 valence electrons. The van der Waals surface area contributed by atoms with E-state index in [1.54, 1.807) is 12.1 Å².